The second kappa shape index (κ2) is 8.13. The largest absolute Gasteiger partial charge is 0.301 e. The van der Waals surface area contributed by atoms with Crippen LogP contribution in [-0.4, -0.2) is 10.9 Å². The van der Waals surface area contributed by atoms with Gasteiger partial charge in [-0.15, -0.1) is 16.2 Å². The molecule has 38 heavy (non-hydrogen) atoms. The summed E-state index contributed by atoms with van der Waals surface area (Å²) in [4.78, 5) is 31.3. The lowest BCUT2D eigenvalue weighted by atomic mass is 9.49. The van der Waals surface area contributed by atoms with Gasteiger partial charge in [-0.25, -0.2) is 9.37 Å². The first-order valence-corrected chi connectivity index (χ1v) is 13.3. The third-order valence-corrected chi connectivity index (χ3v) is 9.00. The van der Waals surface area contributed by atoms with Gasteiger partial charge in [-0.1, -0.05) is 78.0 Å². The quantitative estimate of drug-likeness (QED) is 0.249. The van der Waals surface area contributed by atoms with Crippen molar-refractivity contribution in [1.29, 1.82) is 0 Å². The van der Waals surface area contributed by atoms with Gasteiger partial charge < -0.3 is 5.32 Å². The number of nitrogens with zero attached hydrogens (tertiary/aromatic N) is 2. The Hall–Kier alpha value is -4.23. The Bertz CT molecular complexity index is 1730. The molecule has 0 spiro atoms. The number of nitrogens with one attached hydrogen (secondary N) is 1. The number of hydrogen-bond donors (Lipinski definition) is 1. The van der Waals surface area contributed by atoms with Crippen LogP contribution in [0.25, 0.3) is 22.0 Å². The number of fused-ring (bicyclic) bond motifs is 2. The fraction of sp³-hybridized carbons (Fsp3) is 0.161. The molecule has 5 aromatic rings. The zero-order valence-corrected chi connectivity index (χ0v) is 21.3. The highest BCUT2D eigenvalue weighted by molar-refractivity contribution is 7.14. The van der Waals surface area contributed by atoms with Gasteiger partial charge in [0.25, 0.3) is 0 Å². The normalized spacial score (nSPS) is 23.1. The predicted octanol–water partition coefficient (Wildman–Crippen LogP) is 7.61. The van der Waals surface area contributed by atoms with E-state index in [2.05, 4.69) is 10.5 Å². The monoisotopic (exact) mass is 519 g/mol. The highest BCUT2D eigenvalue weighted by Gasteiger charge is 2.61. The standard InChI is InChI=1S/C31H22FN3O2S/c1-30(17-31(35-37)23-12-6-4-10-21(23)27(30)22-11-5-7-13-24(22)31)28(36)34-29-33-26(16-38-29)20-14-15-25(32)19-9-3-2-8-18(19)20/h2-16,27H,17H2,1H3,(H,33,34,36). The number of halogens is 1. The van der Waals surface area contributed by atoms with Crippen molar-refractivity contribution in [2.75, 3.05) is 5.32 Å². The number of carbonyl (C=O) groups is 1. The molecule has 0 saturated heterocycles. The second-order valence-electron chi connectivity index (χ2n) is 10.3. The van der Waals surface area contributed by atoms with E-state index in [9.17, 15) is 14.1 Å². The Balaban J connectivity index is 1.28. The van der Waals surface area contributed by atoms with Crippen LogP contribution in [0.3, 0.4) is 0 Å². The molecule has 0 radical (unpaired) electrons. The molecule has 0 fully saturated rings. The molecule has 1 aromatic heterocycles. The minimum Gasteiger partial charge on any atom is -0.301 e. The molecule has 3 aliphatic rings. The van der Waals surface area contributed by atoms with E-state index in [0.29, 0.717) is 16.2 Å². The number of carbonyl (C=O) groups excluding carboxylic acids is 1. The molecule has 0 aliphatic heterocycles. The minimum atomic E-state index is -1.13. The van der Waals surface area contributed by atoms with Crippen LogP contribution in [0.5, 0.6) is 0 Å². The summed E-state index contributed by atoms with van der Waals surface area (Å²) in [6.45, 7) is 1.92. The van der Waals surface area contributed by atoms with Crippen LogP contribution in [-0.2, 0) is 10.3 Å². The average Bonchev–Trinajstić information content (AvgIpc) is 3.41. The Morgan fingerprint density at radius 2 is 1.58 bits per heavy atom. The summed E-state index contributed by atoms with van der Waals surface area (Å²) in [6.07, 6.45) is 0.273. The number of hydrogen-bond acceptors (Lipinski definition) is 5. The van der Waals surface area contributed by atoms with E-state index >= 15 is 0 Å². The lowest BCUT2D eigenvalue weighted by Crippen LogP contribution is -2.53. The van der Waals surface area contributed by atoms with Gasteiger partial charge in [0, 0.05) is 22.2 Å². The molecule has 8 rings (SSSR count). The number of aromatic nitrogens is 1. The summed E-state index contributed by atoms with van der Waals surface area (Å²) in [5.74, 6) is -0.713. The van der Waals surface area contributed by atoms with Crippen molar-refractivity contribution in [2.24, 2.45) is 10.6 Å². The van der Waals surface area contributed by atoms with Crippen molar-refractivity contribution in [1.82, 2.24) is 4.98 Å². The molecular formula is C31H22FN3O2S. The molecule has 7 heteroatoms. The van der Waals surface area contributed by atoms with Crippen LogP contribution in [0, 0.1) is 16.1 Å². The zero-order valence-electron chi connectivity index (χ0n) is 20.4. The summed E-state index contributed by atoms with van der Waals surface area (Å²) in [7, 11) is 0. The maximum absolute atomic E-state index is 14.3. The number of nitroso groups, excluding NO2 is 1. The van der Waals surface area contributed by atoms with Crippen LogP contribution in [0.2, 0.25) is 0 Å². The van der Waals surface area contributed by atoms with Gasteiger partial charge in [-0.05, 0) is 53.1 Å². The molecule has 186 valence electrons. The van der Waals surface area contributed by atoms with E-state index in [0.717, 1.165) is 33.2 Å². The first-order chi connectivity index (χ1) is 18.5. The predicted molar refractivity (Wildman–Crippen MR) is 148 cm³/mol. The van der Waals surface area contributed by atoms with Crippen LogP contribution in [0.4, 0.5) is 9.52 Å². The molecule has 3 aliphatic carbocycles. The SMILES string of the molecule is CC1(C(=O)Nc2nc(-c3ccc(F)c4ccccc34)cs2)CC2(N=O)c3ccccc3C1c1ccccc12. The van der Waals surface area contributed by atoms with Crippen LogP contribution in [0.15, 0.2) is 95.5 Å². The van der Waals surface area contributed by atoms with Crippen LogP contribution >= 0.6 is 11.3 Å². The Kier molecular flexibility index (Phi) is 4.91. The lowest BCUT2D eigenvalue weighted by Gasteiger charge is -2.53. The molecule has 2 bridgehead atoms. The number of benzene rings is 4. The molecule has 1 amide bonds. The first kappa shape index (κ1) is 22.9. The topological polar surface area (TPSA) is 71.4 Å². The minimum absolute atomic E-state index is 0.204. The molecule has 1 atom stereocenters. The number of anilines is 1. The van der Waals surface area contributed by atoms with Gasteiger partial charge in [-0.2, -0.15) is 0 Å². The number of thiazole rings is 1. The molecule has 1 N–H and O–H groups in total. The highest BCUT2D eigenvalue weighted by atomic mass is 32.1. The first-order valence-electron chi connectivity index (χ1n) is 12.4. The molecule has 0 saturated carbocycles. The molecule has 1 heterocycles. The van der Waals surface area contributed by atoms with Crippen molar-refractivity contribution in [2.45, 2.75) is 24.8 Å². The number of rotatable bonds is 4. The number of amides is 1. The van der Waals surface area contributed by atoms with Gasteiger partial charge in [-0.3, -0.25) is 4.79 Å². The Morgan fingerprint density at radius 1 is 0.947 bits per heavy atom. The maximum Gasteiger partial charge on any atom is 0.233 e. The van der Waals surface area contributed by atoms with E-state index in [1.807, 2.05) is 73.0 Å². The van der Waals surface area contributed by atoms with Crippen molar-refractivity contribution in [3.05, 3.63) is 123 Å². The van der Waals surface area contributed by atoms with Crippen LogP contribution < -0.4 is 5.32 Å². The molecule has 1 unspecified atom stereocenters. The Labute approximate surface area is 222 Å². The van der Waals surface area contributed by atoms with Crippen molar-refractivity contribution < 1.29 is 9.18 Å². The fourth-order valence-corrected chi connectivity index (χ4v) is 7.30. The average molecular weight is 520 g/mol. The second-order valence-corrected chi connectivity index (χ2v) is 11.1. The summed E-state index contributed by atoms with van der Waals surface area (Å²) in [5, 5.41) is 10.4. The fourth-order valence-electron chi connectivity index (χ4n) is 6.60. The summed E-state index contributed by atoms with van der Waals surface area (Å²) < 4.78 is 14.3. The molecule has 5 nitrogen and oxygen atoms in total. The van der Waals surface area contributed by atoms with Crippen molar-refractivity contribution >= 4 is 33.1 Å². The third kappa shape index (κ3) is 3.02. The Morgan fingerprint density at radius 3 is 2.26 bits per heavy atom. The van der Waals surface area contributed by atoms with Crippen molar-refractivity contribution in [3.63, 3.8) is 0 Å². The molecular weight excluding hydrogens is 497 g/mol. The van der Waals surface area contributed by atoms with Gasteiger partial charge in [0.15, 0.2) is 10.7 Å². The van der Waals surface area contributed by atoms with E-state index in [-0.39, 0.29) is 24.1 Å². The van der Waals surface area contributed by atoms with Gasteiger partial charge in [0.1, 0.15) is 5.82 Å². The van der Waals surface area contributed by atoms with Crippen molar-refractivity contribution in [3.8, 4) is 11.3 Å². The maximum atomic E-state index is 14.3. The van der Waals surface area contributed by atoms with Gasteiger partial charge in [0.2, 0.25) is 5.91 Å². The van der Waals surface area contributed by atoms with E-state index in [4.69, 9.17) is 4.98 Å². The molecule has 4 aromatic carbocycles. The highest BCUT2D eigenvalue weighted by Crippen LogP contribution is 2.64. The van der Waals surface area contributed by atoms with E-state index < -0.39 is 11.0 Å². The van der Waals surface area contributed by atoms with E-state index in [1.165, 1.54) is 17.4 Å². The third-order valence-electron chi connectivity index (χ3n) is 8.24. The summed E-state index contributed by atoms with van der Waals surface area (Å²) in [6, 6.07) is 26.1. The summed E-state index contributed by atoms with van der Waals surface area (Å²) >= 11 is 1.32. The lowest BCUT2D eigenvalue weighted by molar-refractivity contribution is -0.127. The van der Waals surface area contributed by atoms with E-state index in [1.54, 1.807) is 18.2 Å². The smallest absolute Gasteiger partial charge is 0.233 e. The summed E-state index contributed by atoms with van der Waals surface area (Å²) in [5.41, 5.74) is 3.10. The zero-order chi connectivity index (χ0) is 26.1. The van der Waals surface area contributed by atoms with Crippen LogP contribution in [0.1, 0.15) is 41.5 Å². The van der Waals surface area contributed by atoms with Gasteiger partial charge in [0.05, 0.1) is 11.1 Å². The van der Waals surface area contributed by atoms with Gasteiger partial charge >= 0.3 is 0 Å².